The second-order valence-electron chi connectivity index (χ2n) is 9.87. The van der Waals surface area contributed by atoms with Crippen LogP contribution in [0.25, 0.3) is 0 Å². The smallest absolute Gasteiger partial charge is 0.319 e. The average molecular weight is 513 g/mol. The van der Waals surface area contributed by atoms with Gasteiger partial charge in [0, 0.05) is 12.6 Å². The van der Waals surface area contributed by atoms with Crippen LogP contribution in [0.2, 0.25) is 0 Å². The Bertz CT molecular complexity index is 1220. The SMILES string of the molecule is COc1ccc(CCN2C(=O)NCC2(NS(=O)(=O)CC(=O)NC2CC2)c2ccc(C3CC3)cc2)cc1. The Morgan fingerprint density at radius 3 is 2.39 bits per heavy atom. The predicted octanol–water partition coefficient (Wildman–Crippen LogP) is 2.19. The van der Waals surface area contributed by atoms with Gasteiger partial charge in [0.2, 0.25) is 15.9 Å². The van der Waals surface area contributed by atoms with Gasteiger partial charge in [0.25, 0.3) is 0 Å². The summed E-state index contributed by atoms with van der Waals surface area (Å²) in [5.41, 5.74) is 1.51. The number of methoxy groups -OCH3 is 1. The molecular weight excluding hydrogens is 480 g/mol. The Balaban J connectivity index is 1.42. The third kappa shape index (κ3) is 5.49. The highest BCUT2D eigenvalue weighted by molar-refractivity contribution is 7.90. The summed E-state index contributed by atoms with van der Waals surface area (Å²) in [4.78, 5) is 26.9. The fourth-order valence-electron chi connectivity index (χ4n) is 4.71. The van der Waals surface area contributed by atoms with Crippen LogP contribution in [0.3, 0.4) is 0 Å². The van der Waals surface area contributed by atoms with E-state index in [0.717, 1.165) is 37.0 Å². The van der Waals surface area contributed by atoms with Gasteiger partial charge in [-0.05, 0) is 66.8 Å². The molecule has 2 aromatic rings. The molecule has 1 atom stereocenters. The monoisotopic (exact) mass is 512 g/mol. The van der Waals surface area contributed by atoms with Crippen molar-refractivity contribution in [2.75, 3.05) is 26.0 Å². The van der Waals surface area contributed by atoms with Crippen molar-refractivity contribution in [3.63, 3.8) is 0 Å². The van der Waals surface area contributed by atoms with Crippen molar-refractivity contribution in [3.8, 4) is 5.75 Å². The van der Waals surface area contributed by atoms with Crippen molar-refractivity contribution in [1.29, 1.82) is 0 Å². The van der Waals surface area contributed by atoms with E-state index in [1.807, 2.05) is 48.5 Å². The van der Waals surface area contributed by atoms with E-state index in [-0.39, 0.29) is 25.2 Å². The number of benzene rings is 2. The molecule has 0 spiro atoms. The van der Waals surface area contributed by atoms with Crippen LogP contribution in [-0.2, 0) is 26.9 Å². The number of amides is 3. The van der Waals surface area contributed by atoms with Crippen LogP contribution in [-0.4, -0.2) is 57.3 Å². The minimum absolute atomic E-state index is 0.0562. The second kappa shape index (κ2) is 9.74. The molecule has 2 aromatic carbocycles. The normalized spacial score (nSPS) is 21.8. The zero-order valence-corrected chi connectivity index (χ0v) is 21.1. The number of urea groups is 1. The van der Waals surface area contributed by atoms with Gasteiger partial charge in [-0.15, -0.1) is 0 Å². The minimum atomic E-state index is -4.06. The first-order chi connectivity index (χ1) is 17.3. The number of sulfonamides is 1. The van der Waals surface area contributed by atoms with Crippen molar-refractivity contribution in [1.82, 2.24) is 20.3 Å². The third-order valence-corrected chi connectivity index (χ3v) is 8.30. The van der Waals surface area contributed by atoms with E-state index >= 15 is 0 Å². The Morgan fingerprint density at radius 1 is 1.08 bits per heavy atom. The number of carbonyl (C=O) groups excluding carboxylic acids is 2. The lowest BCUT2D eigenvalue weighted by Gasteiger charge is -2.38. The van der Waals surface area contributed by atoms with Gasteiger partial charge >= 0.3 is 6.03 Å². The third-order valence-electron chi connectivity index (χ3n) is 7.01. The molecule has 0 bridgehead atoms. The minimum Gasteiger partial charge on any atom is -0.497 e. The highest BCUT2D eigenvalue weighted by Crippen LogP contribution is 2.41. The maximum atomic E-state index is 13.2. The van der Waals surface area contributed by atoms with Crippen LogP contribution >= 0.6 is 0 Å². The van der Waals surface area contributed by atoms with Crippen molar-refractivity contribution in [2.24, 2.45) is 0 Å². The molecule has 3 aliphatic rings. The van der Waals surface area contributed by atoms with Gasteiger partial charge in [-0.25, -0.2) is 13.2 Å². The molecule has 3 N–H and O–H groups in total. The van der Waals surface area contributed by atoms with Crippen LogP contribution in [0.5, 0.6) is 5.75 Å². The Morgan fingerprint density at radius 2 is 1.78 bits per heavy atom. The number of ether oxygens (including phenoxy) is 1. The molecule has 1 unspecified atom stereocenters. The zero-order chi connectivity index (χ0) is 25.3. The van der Waals surface area contributed by atoms with Gasteiger partial charge in [0.05, 0.1) is 13.7 Å². The molecule has 10 heteroatoms. The Kier molecular flexibility index (Phi) is 6.65. The topological polar surface area (TPSA) is 117 Å². The van der Waals surface area contributed by atoms with Crippen LogP contribution in [0.4, 0.5) is 4.79 Å². The maximum Gasteiger partial charge on any atom is 0.319 e. The molecule has 1 heterocycles. The Labute approximate surface area is 211 Å². The van der Waals surface area contributed by atoms with Crippen molar-refractivity contribution in [3.05, 3.63) is 65.2 Å². The van der Waals surface area contributed by atoms with Gasteiger partial charge in [0.1, 0.15) is 11.5 Å². The van der Waals surface area contributed by atoms with Gasteiger partial charge in [-0.2, -0.15) is 4.72 Å². The molecule has 3 amide bonds. The van der Waals surface area contributed by atoms with Gasteiger partial charge < -0.3 is 15.4 Å². The summed E-state index contributed by atoms with van der Waals surface area (Å²) in [5, 5.41) is 5.55. The fraction of sp³-hybridized carbons (Fsp3) is 0.462. The standard InChI is InChI=1S/C26H32N4O5S/c1-35-23-12-2-18(3-13-23)14-15-30-25(32)27-17-26(30,21-8-6-20(7-9-21)19-4-5-19)29-36(33,34)16-24(31)28-22-10-11-22/h2-3,6-9,12-13,19,22,29H,4-5,10-11,14-17H2,1H3,(H,27,32)(H,28,31). The van der Waals surface area contributed by atoms with E-state index in [2.05, 4.69) is 15.4 Å². The predicted molar refractivity (Wildman–Crippen MR) is 135 cm³/mol. The second-order valence-corrected chi connectivity index (χ2v) is 11.6. The number of hydrogen-bond acceptors (Lipinski definition) is 5. The van der Waals surface area contributed by atoms with E-state index in [9.17, 15) is 18.0 Å². The summed E-state index contributed by atoms with van der Waals surface area (Å²) in [6, 6.07) is 15.0. The van der Waals surface area contributed by atoms with Crippen LogP contribution in [0.1, 0.15) is 48.3 Å². The summed E-state index contributed by atoms with van der Waals surface area (Å²) < 4.78 is 34.4. The molecule has 0 radical (unpaired) electrons. The molecule has 192 valence electrons. The van der Waals surface area contributed by atoms with Crippen molar-refractivity contribution in [2.45, 2.75) is 49.7 Å². The summed E-state index contributed by atoms with van der Waals surface area (Å²) in [6.07, 6.45) is 4.56. The summed E-state index contributed by atoms with van der Waals surface area (Å²) in [5.74, 6) is 0.0601. The van der Waals surface area contributed by atoms with E-state index in [1.165, 1.54) is 10.5 Å². The van der Waals surface area contributed by atoms with E-state index in [4.69, 9.17) is 4.74 Å². The summed E-state index contributed by atoms with van der Waals surface area (Å²) in [7, 11) is -2.46. The summed E-state index contributed by atoms with van der Waals surface area (Å²) >= 11 is 0. The van der Waals surface area contributed by atoms with E-state index < -0.39 is 27.3 Å². The molecule has 0 aromatic heterocycles. The van der Waals surface area contributed by atoms with Crippen molar-refractivity contribution < 1.29 is 22.7 Å². The summed E-state index contributed by atoms with van der Waals surface area (Å²) in [6.45, 7) is 0.333. The highest BCUT2D eigenvalue weighted by Gasteiger charge is 2.49. The van der Waals surface area contributed by atoms with E-state index in [0.29, 0.717) is 17.9 Å². The number of nitrogens with zero attached hydrogens (tertiary/aromatic N) is 1. The molecule has 1 aliphatic heterocycles. The lowest BCUT2D eigenvalue weighted by Crippen LogP contribution is -2.58. The lowest BCUT2D eigenvalue weighted by molar-refractivity contribution is -0.118. The molecular formula is C26H32N4O5S. The highest BCUT2D eigenvalue weighted by atomic mass is 32.2. The lowest BCUT2D eigenvalue weighted by atomic mass is 9.97. The molecule has 2 aliphatic carbocycles. The molecule has 5 rings (SSSR count). The van der Waals surface area contributed by atoms with Gasteiger partial charge in [-0.3, -0.25) is 9.69 Å². The molecule has 9 nitrogen and oxygen atoms in total. The molecule has 2 saturated carbocycles. The number of nitrogens with one attached hydrogen (secondary N) is 3. The largest absolute Gasteiger partial charge is 0.497 e. The molecule has 3 fully saturated rings. The van der Waals surface area contributed by atoms with E-state index in [1.54, 1.807) is 7.11 Å². The molecule has 1 saturated heterocycles. The van der Waals surface area contributed by atoms with Crippen LogP contribution in [0.15, 0.2) is 48.5 Å². The first kappa shape index (κ1) is 24.6. The first-order valence-corrected chi connectivity index (χ1v) is 14.0. The first-order valence-electron chi connectivity index (χ1n) is 12.4. The fourth-order valence-corrected chi connectivity index (χ4v) is 6.03. The van der Waals surface area contributed by atoms with Crippen LogP contribution in [0, 0.1) is 0 Å². The van der Waals surface area contributed by atoms with Gasteiger partial charge in [0.15, 0.2) is 5.66 Å². The van der Waals surface area contributed by atoms with Crippen molar-refractivity contribution >= 4 is 22.0 Å². The number of carbonyl (C=O) groups is 2. The number of rotatable bonds is 11. The van der Waals surface area contributed by atoms with Crippen LogP contribution < -0.4 is 20.1 Å². The maximum absolute atomic E-state index is 13.2. The molecule has 36 heavy (non-hydrogen) atoms. The number of hydrogen-bond donors (Lipinski definition) is 3. The van der Waals surface area contributed by atoms with Gasteiger partial charge in [-0.1, -0.05) is 36.4 Å². The average Bonchev–Trinajstić information content (AvgIpc) is 3.78. The zero-order valence-electron chi connectivity index (χ0n) is 20.3. The quantitative estimate of drug-likeness (QED) is 0.427. The Hall–Kier alpha value is -3.11.